The molecule has 0 aromatic carbocycles. The third kappa shape index (κ3) is 3.63. The van der Waals surface area contributed by atoms with Crippen molar-refractivity contribution < 1.29 is 9.59 Å². The standard InChI is InChI=1S/C18H21N3O2S2/c22-17(21-5-3-15-14(12-21)4-11-25-15)13-19-6-8-20(9-7-19)18(23)16-2-1-10-24-16/h1-2,4,10-11H,3,5-9,12-13H2. The molecule has 7 heteroatoms. The number of hydrogen-bond donors (Lipinski definition) is 0. The van der Waals surface area contributed by atoms with Gasteiger partial charge in [-0.3, -0.25) is 14.5 Å². The van der Waals surface area contributed by atoms with Crippen LogP contribution in [0.15, 0.2) is 29.0 Å². The molecule has 1 fully saturated rings. The maximum Gasteiger partial charge on any atom is 0.264 e. The Hall–Kier alpha value is -1.70. The van der Waals surface area contributed by atoms with Gasteiger partial charge in [-0.25, -0.2) is 0 Å². The van der Waals surface area contributed by atoms with Crippen molar-refractivity contribution in [2.45, 2.75) is 13.0 Å². The predicted octanol–water partition coefficient (Wildman–Crippen LogP) is 2.15. The number of rotatable bonds is 3. The second-order valence-electron chi connectivity index (χ2n) is 6.48. The number of piperazine rings is 1. The van der Waals surface area contributed by atoms with Gasteiger partial charge >= 0.3 is 0 Å². The second-order valence-corrected chi connectivity index (χ2v) is 8.43. The molecule has 0 unspecified atom stereocenters. The first kappa shape index (κ1) is 16.8. The summed E-state index contributed by atoms with van der Waals surface area (Å²) < 4.78 is 0. The van der Waals surface area contributed by atoms with E-state index < -0.39 is 0 Å². The minimum Gasteiger partial charge on any atom is -0.337 e. The van der Waals surface area contributed by atoms with Gasteiger partial charge in [0.15, 0.2) is 0 Å². The van der Waals surface area contributed by atoms with Crippen LogP contribution in [0.1, 0.15) is 20.1 Å². The number of fused-ring (bicyclic) bond motifs is 1. The van der Waals surface area contributed by atoms with E-state index in [4.69, 9.17) is 0 Å². The van der Waals surface area contributed by atoms with Crippen LogP contribution in [0.5, 0.6) is 0 Å². The van der Waals surface area contributed by atoms with E-state index >= 15 is 0 Å². The molecule has 0 aliphatic carbocycles. The molecule has 0 radical (unpaired) electrons. The molecule has 2 aromatic heterocycles. The van der Waals surface area contributed by atoms with Crippen LogP contribution in [0.3, 0.4) is 0 Å². The molecule has 5 nitrogen and oxygen atoms in total. The number of amides is 2. The van der Waals surface area contributed by atoms with Crippen LogP contribution >= 0.6 is 22.7 Å². The van der Waals surface area contributed by atoms with Gasteiger partial charge in [-0.05, 0) is 34.9 Å². The zero-order valence-electron chi connectivity index (χ0n) is 14.0. The van der Waals surface area contributed by atoms with E-state index in [1.165, 1.54) is 21.8 Å². The summed E-state index contributed by atoms with van der Waals surface area (Å²) in [6, 6.07) is 5.91. The van der Waals surface area contributed by atoms with Crippen molar-refractivity contribution in [1.82, 2.24) is 14.7 Å². The Balaban J connectivity index is 1.27. The maximum absolute atomic E-state index is 12.6. The first-order valence-corrected chi connectivity index (χ1v) is 10.3. The minimum absolute atomic E-state index is 0.113. The highest BCUT2D eigenvalue weighted by molar-refractivity contribution is 7.12. The van der Waals surface area contributed by atoms with E-state index in [-0.39, 0.29) is 11.8 Å². The number of carbonyl (C=O) groups is 2. The normalized spacial score (nSPS) is 18.2. The van der Waals surface area contributed by atoms with Gasteiger partial charge in [0.2, 0.25) is 5.91 Å². The minimum atomic E-state index is 0.113. The molecular formula is C18H21N3O2S2. The van der Waals surface area contributed by atoms with Crippen molar-refractivity contribution in [3.8, 4) is 0 Å². The summed E-state index contributed by atoms with van der Waals surface area (Å²) in [5, 5.41) is 4.04. The van der Waals surface area contributed by atoms with Gasteiger partial charge in [-0.2, -0.15) is 0 Å². The lowest BCUT2D eigenvalue weighted by molar-refractivity contribution is -0.133. The molecule has 4 heterocycles. The molecule has 2 aliphatic rings. The molecule has 2 aliphatic heterocycles. The Morgan fingerprint density at radius 2 is 1.80 bits per heavy atom. The highest BCUT2D eigenvalue weighted by Gasteiger charge is 2.26. The van der Waals surface area contributed by atoms with Crippen molar-refractivity contribution in [3.05, 3.63) is 44.3 Å². The average molecular weight is 376 g/mol. The summed E-state index contributed by atoms with van der Waals surface area (Å²) in [5.41, 5.74) is 1.30. The molecule has 2 aromatic rings. The fourth-order valence-corrected chi connectivity index (χ4v) is 5.00. The number of carbonyl (C=O) groups excluding carboxylic acids is 2. The highest BCUT2D eigenvalue weighted by atomic mass is 32.1. The average Bonchev–Trinajstić information content (AvgIpc) is 3.32. The van der Waals surface area contributed by atoms with Gasteiger partial charge in [0, 0.05) is 44.1 Å². The van der Waals surface area contributed by atoms with Crippen LogP contribution < -0.4 is 0 Å². The fraction of sp³-hybridized carbons (Fsp3) is 0.444. The first-order valence-electron chi connectivity index (χ1n) is 8.59. The molecule has 0 atom stereocenters. The predicted molar refractivity (Wildman–Crippen MR) is 100 cm³/mol. The number of hydrogen-bond acceptors (Lipinski definition) is 5. The van der Waals surface area contributed by atoms with Crippen molar-refractivity contribution in [1.29, 1.82) is 0 Å². The van der Waals surface area contributed by atoms with Gasteiger partial charge in [-0.15, -0.1) is 22.7 Å². The van der Waals surface area contributed by atoms with E-state index in [1.54, 1.807) is 11.3 Å². The van der Waals surface area contributed by atoms with Gasteiger partial charge in [0.05, 0.1) is 11.4 Å². The lowest BCUT2D eigenvalue weighted by atomic mass is 10.1. The van der Waals surface area contributed by atoms with E-state index in [1.807, 2.05) is 27.3 Å². The Kier molecular flexibility index (Phi) is 4.87. The Labute approximate surface area is 155 Å². The molecule has 25 heavy (non-hydrogen) atoms. The third-order valence-corrected chi connectivity index (χ3v) is 6.79. The molecule has 2 amide bonds. The Morgan fingerprint density at radius 3 is 2.56 bits per heavy atom. The molecule has 132 valence electrons. The number of nitrogens with zero attached hydrogens (tertiary/aromatic N) is 3. The van der Waals surface area contributed by atoms with E-state index in [2.05, 4.69) is 16.3 Å². The summed E-state index contributed by atoms with van der Waals surface area (Å²) in [7, 11) is 0. The highest BCUT2D eigenvalue weighted by Crippen LogP contribution is 2.24. The molecule has 0 bridgehead atoms. The van der Waals surface area contributed by atoms with Crippen LogP contribution in [0.2, 0.25) is 0 Å². The Morgan fingerprint density at radius 1 is 0.960 bits per heavy atom. The van der Waals surface area contributed by atoms with Gasteiger partial charge in [-0.1, -0.05) is 6.07 Å². The molecular weight excluding hydrogens is 354 g/mol. The van der Waals surface area contributed by atoms with Crippen LogP contribution in [0.25, 0.3) is 0 Å². The van der Waals surface area contributed by atoms with Gasteiger partial charge < -0.3 is 9.80 Å². The van der Waals surface area contributed by atoms with Gasteiger partial charge in [0.1, 0.15) is 0 Å². The van der Waals surface area contributed by atoms with Gasteiger partial charge in [0.25, 0.3) is 5.91 Å². The van der Waals surface area contributed by atoms with Crippen LogP contribution in [0, 0.1) is 0 Å². The van der Waals surface area contributed by atoms with Crippen molar-refractivity contribution in [2.75, 3.05) is 39.3 Å². The fourth-order valence-electron chi connectivity index (χ4n) is 3.42. The summed E-state index contributed by atoms with van der Waals surface area (Å²) >= 11 is 3.28. The summed E-state index contributed by atoms with van der Waals surface area (Å²) in [5.74, 6) is 0.317. The monoisotopic (exact) mass is 375 g/mol. The zero-order chi connectivity index (χ0) is 17.2. The van der Waals surface area contributed by atoms with Crippen LogP contribution in [-0.4, -0.2) is 65.8 Å². The summed E-state index contributed by atoms with van der Waals surface area (Å²) in [6.45, 7) is 4.94. The van der Waals surface area contributed by atoms with E-state index in [9.17, 15) is 9.59 Å². The smallest absolute Gasteiger partial charge is 0.264 e. The largest absolute Gasteiger partial charge is 0.337 e. The Bertz CT molecular complexity index is 748. The summed E-state index contributed by atoms with van der Waals surface area (Å²) in [4.78, 5) is 33.2. The molecule has 4 rings (SSSR count). The van der Waals surface area contributed by atoms with E-state index in [0.717, 1.165) is 37.5 Å². The quantitative estimate of drug-likeness (QED) is 0.826. The van der Waals surface area contributed by atoms with Crippen molar-refractivity contribution in [2.24, 2.45) is 0 Å². The first-order chi connectivity index (χ1) is 12.2. The molecule has 0 N–H and O–H groups in total. The SMILES string of the molecule is O=C(CN1CCN(C(=O)c2cccs2)CC1)N1CCc2sccc2C1. The topological polar surface area (TPSA) is 43.9 Å². The lowest BCUT2D eigenvalue weighted by Gasteiger charge is -2.35. The molecule has 1 saturated heterocycles. The zero-order valence-corrected chi connectivity index (χ0v) is 15.7. The van der Waals surface area contributed by atoms with Crippen molar-refractivity contribution >= 4 is 34.5 Å². The van der Waals surface area contributed by atoms with Crippen LogP contribution in [-0.2, 0) is 17.8 Å². The molecule has 0 spiro atoms. The lowest BCUT2D eigenvalue weighted by Crippen LogP contribution is -2.51. The number of thiophene rings is 2. The van der Waals surface area contributed by atoms with E-state index in [0.29, 0.717) is 19.6 Å². The summed E-state index contributed by atoms with van der Waals surface area (Å²) in [6.07, 6.45) is 0.974. The maximum atomic E-state index is 12.6. The van der Waals surface area contributed by atoms with Crippen LogP contribution in [0.4, 0.5) is 0 Å². The molecule has 0 saturated carbocycles. The van der Waals surface area contributed by atoms with Crippen molar-refractivity contribution in [3.63, 3.8) is 0 Å². The second kappa shape index (κ2) is 7.27. The third-order valence-electron chi connectivity index (χ3n) is 4.91.